The van der Waals surface area contributed by atoms with E-state index in [4.69, 9.17) is 21.3 Å². The van der Waals surface area contributed by atoms with Crippen molar-refractivity contribution in [2.75, 3.05) is 0 Å². The number of thiophene rings is 1. The lowest BCUT2D eigenvalue weighted by Crippen LogP contribution is -2.16. The molecule has 4 rings (SSSR count). The van der Waals surface area contributed by atoms with E-state index >= 15 is 0 Å². The van der Waals surface area contributed by atoms with E-state index in [1.54, 1.807) is 11.3 Å². The van der Waals surface area contributed by atoms with Crippen LogP contribution < -0.4 is 9.47 Å². The van der Waals surface area contributed by atoms with Crippen LogP contribution in [0.5, 0.6) is 17.2 Å². The molecule has 0 amide bonds. The van der Waals surface area contributed by atoms with E-state index in [0.29, 0.717) is 11.5 Å². The molecule has 8 heteroatoms. The van der Waals surface area contributed by atoms with E-state index in [1.807, 2.05) is 35.7 Å². The third-order valence-electron chi connectivity index (χ3n) is 4.40. The molecule has 29 heavy (non-hydrogen) atoms. The summed E-state index contributed by atoms with van der Waals surface area (Å²) < 4.78 is 46.2. The molecule has 3 aromatic rings. The van der Waals surface area contributed by atoms with E-state index in [2.05, 4.69) is 4.74 Å². The van der Waals surface area contributed by atoms with Crippen molar-refractivity contribution in [1.82, 2.24) is 0 Å². The van der Waals surface area contributed by atoms with Crippen LogP contribution in [-0.4, -0.2) is 12.1 Å². The van der Waals surface area contributed by atoms with Gasteiger partial charge in [0.15, 0.2) is 0 Å². The van der Waals surface area contributed by atoms with Gasteiger partial charge in [-0.3, -0.25) is 4.99 Å². The lowest BCUT2D eigenvalue weighted by Gasteiger charge is -2.11. The highest BCUT2D eigenvalue weighted by molar-refractivity contribution is 7.12. The summed E-state index contributed by atoms with van der Waals surface area (Å²) in [6.45, 7) is 0. The number of alkyl halides is 3. The van der Waals surface area contributed by atoms with Crippen molar-refractivity contribution in [3.8, 4) is 17.2 Å². The molecule has 3 nitrogen and oxygen atoms in total. The molecule has 0 saturated carbocycles. The van der Waals surface area contributed by atoms with Crippen LogP contribution >= 0.6 is 22.9 Å². The summed E-state index contributed by atoms with van der Waals surface area (Å²) in [6.07, 6.45) is -2.91. The number of ether oxygens (including phenoxy) is 2. The zero-order valence-corrected chi connectivity index (χ0v) is 16.5. The van der Waals surface area contributed by atoms with Gasteiger partial charge in [-0.15, -0.1) is 24.5 Å². The summed E-state index contributed by atoms with van der Waals surface area (Å²) in [5, 5.41) is 2.70. The predicted molar refractivity (Wildman–Crippen MR) is 107 cm³/mol. The zero-order valence-electron chi connectivity index (χ0n) is 14.9. The molecule has 0 spiro atoms. The topological polar surface area (TPSA) is 30.8 Å². The average Bonchev–Trinajstić information content (AvgIpc) is 3.32. The Balaban J connectivity index is 1.41. The monoisotopic (exact) mass is 437 g/mol. The molecular formula is C21H15ClF3NO2S. The van der Waals surface area contributed by atoms with Crippen molar-refractivity contribution in [1.29, 1.82) is 0 Å². The number of rotatable bonds is 5. The minimum absolute atomic E-state index is 0.0796. The highest BCUT2D eigenvalue weighted by Gasteiger charge is 2.31. The Morgan fingerprint density at radius 3 is 2.14 bits per heavy atom. The first kappa shape index (κ1) is 19.8. The zero-order chi connectivity index (χ0) is 20.4. The van der Waals surface area contributed by atoms with Gasteiger partial charge in [0.05, 0.1) is 21.7 Å². The lowest BCUT2D eigenvalue weighted by molar-refractivity contribution is -0.274. The molecule has 1 aliphatic heterocycles. The normalized spacial score (nSPS) is 16.6. The molecule has 0 aliphatic carbocycles. The molecule has 1 atom stereocenters. The molecule has 2 aromatic carbocycles. The summed E-state index contributed by atoms with van der Waals surface area (Å²) in [5.74, 6) is 0.712. The summed E-state index contributed by atoms with van der Waals surface area (Å²) in [6, 6.07) is 14.8. The van der Waals surface area contributed by atoms with Crippen LogP contribution in [0, 0.1) is 0 Å². The van der Waals surface area contributed by atoms with Crippen molar-refractivity contribution >= 4 is 28.6 Å². The summed E-state index contributed by atoms with van der Waals surface area (Å²) in [4.78, 5) is 5.84. The van der Waals surface area contributed by atoms with Crippen LogP contribution in [0.15, 0.2) is 65.0 Å². The summed E-state index contributed by atoms with van der Waals surface area (Å²) >= 11 is 7.80. The SMILES string of the molecule is FC(F)(F)Oc1ccc(Oc2ccc(C3CCC(c4sccc4Cl)=N3)cc2)cc1. The van der Waals surface area contributed by atoms with Gasteiger partial charge < -0.3 is 9.47 Å². The standard InChI is InChI=1S/C21H15ClF3NO2S/c22-17-11-12-29-20(17)19-10-9-18(26-19)13-1-3-14(4-2-13)27-15-5-7-16(8-6-15)28-21(23,24)25/h1-8,11-12,18H,9-10H2. The molecular weight excluding hydrogens is 423 g/mol. The second-order valence-electron chi connectivity index (χ2n) is 6.42. The molecule has 1 aromatic heterocycles. The van der Waals surface area contributed by atoms with Crippen LogP contribution in [0.4, 0.5) is 13.2 Å². The van der Waals surface area contributed by atoms with Crippen molar-refractivity contribution < 1.29 is 22.6 Å². The van der Waals surface area contributed by atoms with Crippen molar-refractivity contribution in [2.24, 2.45) is 4.99 Å². The number of benzene rings is 2. The van der Waals surface area contributed by atoms with Gasteiger partial charge in [-0.05, 0) is 66.2 Å². The molecule has 0 radical (unpaired) electrons. The van der Waals surface area contributed by atoms with E-state index in [-0.39, 0.29) is 11.8 Å². The molecule has 0 saturated heterocycles. The fraction of sp³-hybridized carbons (Fsp3) is 0.190. The summed E-state index contributed by atoms with van der Waals surface area (Å²) in [5.41, 5.74) is 2.12. The fourth-order valence-corrected chi connectivity index (χ4v) is 4.30. The van der Waals surface area contributed by atoms with Crippen molar-refractivity contribution in [3.05, 3.63) is 75.4 Å². The quantitative estimate of drug-likeness (QED) is 0.416. The van der Waals surface area contributed by atoms with Gasteiger partial charge in [-0.2, -0.15) is 0 Å². The lowest BCUT2D eigenvalue weighted by atomic mass is 10.0. The molecule has 0 bridgehead atoms. The predicted octanol–water partition coefficient (Wildman–Crippen LogP) is 7.42. The first-order chi connectivity index (χ1) is 13.9. The van der Waals surface area contributed by atoms with Crippen molar-refractivity contribution in [3.63, 3.8) is 0 Å². The number of hydrogen-bond acceptors (Lipinski definition) is 4. The van der Waals surface area contributed by atoms with Gasteiger partial charge >= 0.3 is 6.36 Å². The van der Waals surface area contributed by atoms with Crippen LogP contribution in [0.25, 0.3) is 0 Å². The summed E-state index contributed by atoms with van der Waals surface area (Å²) in [7, 11) is 0. The van der Waals surface area contributed by atoms with Crippen LogP contribution in [0.3, 0.4) is 0 Å². The Hall–Kier alpha value is -2.51. The van der Waals surface area contributed by atoms with E-state index in [0.717, 1.165) is 34.0 Å². The van der Waals surface area contributed by atoms with Gasteiger partial charge in [-0.25, -0.2) is 0 Å². The largest absolute Gasteiger partial charge is 0.573 e. The maximum absolute atomic E-state index is 12.2. The maximum Gasteiger partial charge on any atom is 0.573 e. The van der Waals surface area contributed by atoms with Crippen molar-refractivity contribution in [2.45, 2.75) is 25.2 Å². The van der Waals surface area contributed by atoms with Crippen LogP contribution in [-0.2, 0) is 0 Å². The van der Waals surface area contributed by atoms with Gasteiger partial charge in [-0.1, -0.05) is 23.7 Å². The number of aliphatic imine (C=N–C) groups is 1. The second-order valence-corrected chi connectivity index (χ2v) is 7.74. The number of hydrogen-bond donors (Lipinski definition) is 0. The minimum Gasteiger partial charge on any atom is -0.457 e. The molecule has 1 aliphatic rings. The van der Waals surface area contributed by atoms with Crippen LogP contribution in [0.2, 0.25) is 5.02 Å². The highest BCUT2D eigenvalue weighted by Crippen LogP contribution is 2.35. The third-order valence-corrected chi connectivity index (χ3v) is 5.79. The smallest absolute Gasteiger partial charge is 0.457 e. The highest BCUT2D eigenvalue weighted by atomic mass is 35.5. The fourth-order valence-electron chi connectivity index (χ4n) is 3.11. The van der Waals surface area contributed by atoms with Gasteiger partial charge in [0, 0.05) is 0 Å². The Morgan fingerprint density at radius 2 is 1.55 bits per heavy atom. The van der Waals surface area contributed by atoms with E-state index in [9.17, 15) is 13.2 Å². The molecule has 0 fully saturated rings. The van der Waals surface area contributed by atoms with Gasteiger partial charge in [0.1, 0.15) is 17.2 Å². The number of halogens is 4. The minimum atomic E-state index is -4.71. The third kappa shape index (κ3) is 4.92. The van der Waals surface area contributed by atoms with E-state index < -0.39 is 6.36 Å². The maximum atomic E-state index is 12.2. The van der Waals surface area contributed by atoms with E-state index in [1.165, 1.54) is 24.3 Å². The Labute approximate surface area is 174 Å². The van der Waals surface area contributed by atoms with Gasteiger partial charge in [0.2, 0.25) is 0 Å². The average molecular weight is 438 g/mol. The second kappa shape index (κ2) is 8.08. The number of nitrogens with zero attached hydrogens (tertiary/aromatic N) is 1. The Morgan fingerprint density at radius 1 is 0.931 bits per heavy atom. The molecule has 1 unspecified atom stereocenters. The molecule has 2 heterocycles. The molecule has 0 N–H and O–H groups in total. The Bertz CT molecular complexity index is 1010. The first-order valence-corrected chi connectivity index (χ1v) is 10.1. The van der Waals surface area contributed by atoms with Gasteiger partial charge in [0.25, 0.3) is 0 Å². The molecule has 150 valence electrons. The first-order valence-electron chi connectivity index (χ1n) is 8.81. The Kier molecular flexibility index (Phi) is 5.52. The van der Waals surface area contributed by atoms with Crippen LogP contribution in [0.1, 0.15) is 29.3 Å².